The second-order valence-electron chi connectivity index (χ2n) is 12.3. The van der Waals surface area contributed by atoms with E-state index in [-0.39, 0.29) is 11.0 Å². The Balaban J connectivity index is 1.35. The van der Waals surface area contributed by atoms with Gasteiger partial charge in [-0.1, -0.05) is 86.7 Å². The Labute approximate surface area is 261 Å². The van der Waals surface area contributed by atoms with E-state index in [0.29, 0.717) is 16.4 Å². The molecule has 4 heteroatoms. The van der Waals surface area contributed by atoms with Gasteiger partial charge in [0.25, 0.3) is 5.56 Å². The molecule has 0 radical (unpaired) electrons. The van der Waals surface area contributed by atoms with Crippen molar-refractivity contribution >= 4 is 34.0 Å². The van der Waals surface area contributed by atoms with E-state index in [1.807, 2.05) is 56.3 Å². The molecule has 1 aliphatic rings. The monoisotopic (exact) mass is 583 g/mol. The molecular formula is C41H33N3O. The van der Waals surface area contributed by atoms with Crippen LogP contribution >= 0.6 is 0 Å². The van der Waals surface area contributed by atoms with Gasteiger partial charge >= 0.3 is 0 Å². The highest BCUT2D eigenvalue weighted by Crippen LogP contribution is 2.50. The van der Waals surface area contributed by atoms with E-state index in [9.17, 15) is 4.79 Å². The topological polar surface area (TPSA) is 39.8 Å². The van der Waals surface area contributed by atoms with Crippen molar-refractivity contribution in [2.75, 3.05) is 0 Å². The van der Waals surface area contributed by atoms with Crippen LogP contribution in [-0.4, -0.2) is 14.1 Å². The van der Waals surface area contributed by atoms with Crippen molar-refractivity contribution in [1.29, 1.82) is 0 Å². The summed E-state index contributed by atoms with van der Waals surface area (Å²) in [6.45, 7) is 8.46. The van der Waals surface area contributed by atoms with Crippen LogP contribution in [0.5, 0.6) is 0 Å². The van der Waals surface area contributed by atoms with Gasteiger partial charge in [0.2, 0.25) is 0 Å². The fraction of sp³-hybridized carbons (Fsp3) is 0.122. The van der Waals surface area contributed by atoms with Gasteiger partial charge in [0.05, 0.1) is 27.3 Å². The highest BCUT2D eigenvalue weighted by molar-refractivity contribution is 6.11. The third-order valence-corrected chi connectivity index (χ3v) is 9.48. The summed E-state index contributed by atoms with van der Waals surface area (Å²) < 4.78 is 4.09. The second kappa shape index (κ2) is 10.0. The average molecular weight is 584 g/mol. The summed E-state index contributed by atoms with van der Waals surface area (Å²) in [6, 6.07) is 40.4. The molecule has 0 aliphatic heterocycles. The van der Waals surface area contributed by atoms with Crippen LogP contribution in [0.1, 0.15) is 38.8 Å². The molecule has 0 unspecified atom stereocenters. The molecule has 1 aliphatic carbocycles. The van der Waals surface area contributed by atoms with E-state index in [2.05, 4.69) is 103 Å². The van der Waals surface area contributed by atoms with E-state index >= 15 is 0 Å². The summed E-state index contributed by atoms with van der Waals surface area (Å²) in [5, 5.41) is 3.77. The van der Waals surface area contributed by atoms with E-state index in [1.54, 1.807) is 4.57 Å². The van der Waals surface area contributed by atoms with E-state index in [4.69, 9.17) is 4.98 Å². The first-order valence-corrected chi connectivity index (χ1v) is 15.5. The zero-order valence-corrected chi connectivity index (χ0v) is 25.9. The van der Waals surface area contributed by atoms with Gasteiger partial charge in [-0.25, -0.2) is 4.98 Å². The molecule has 45 heavy (non-hydrogen) atoms. The van der Waals surface area contributed by atoms with Gasteiger partial charge in [0.15, 0.2) is 0 Å². The molecule has 0 bridgehead atoms. The van der Waals surface area contributed by atoms with Crippen molar-refractivity contribution in [3.05, 3.63) is 147 Å². The van der Waals surface area contributed by atoms with Crippen molar-refractivity contribution in [1.82, 2.24) is 14.1 Å². The minimum Gasteiger partial charge on any atom is -0.309 e. The lowest BCUT2D eigenvalue weighted by atomic mass is 9.82. The lowest BCUT2D eigenvalue weighted by Crippen LogP contribution is -2.46. The van der Waals surface area contributed by atoms with E-state index in [1.165, 1.54) is 44.1 Å². The molecule has 218 valence electrons. The highest BCUT2D eigenvalue weighted by atomic mass is 16.1. The Morgan fingerprint density at radius 1 is 0.622 bits per heavy atom. The van der Waals surface area contributed by atoms with E-state index < -0.39 is 0 Å². The van der Waals surface area contributed by atoms with Gasteiger partial charge < -0.3 is 4.57 Å². The fourth-order valence-corrected chi connectivity index (χ4v) is 7.25. The van der Waals surface area contributed by atoms with Crippen molar-refractivity contribution < 1.29 is 0 Å². The normalized spacial score (nSPS) is 14.3. The van der Waals surface area contributed by atoms with Gasteiger partial charge in [-0.05, 0) is 90.7 Å². The Morgan fingerprint density at radius 3 is 2.07 bits per heavy atom. The van der Waals surface area contributed by atoms with Crippen molar-refractivity contribution in [2.24, 2.45) is 0 Å². The molecule has 0 N–H and O–H groups in total. The fourth-order valence-electron chi connectivity index (χ4n) is 7.25. The van der Waals surface area contributed by atoms with Crippen LogP contribution in [0.2, 0.25) is 0 Å². The van der Waals surface area contributed by atoms with Gasteiger partial charge in [-0.15, -0.1) is 0 Å². The van der Waals surface area contributed by atoms with Crippen LogP contribution < -0.4 is 16.1 Å². The smallest absolute Gasteiger partial charge is 0.265 e. The van der Waals surface area contributed by atoms with Crippen LogP contribution in [0.25, 0.3) is 67.8 Å². The third-order valence-electron chi connectivity index (χ3n) is 9.48. The SMILES string of the molecule is C/C=c1/nc(-c2ccc(-n3c4ccccc4c4cc5c(cc43)C(C)(C)c3ccccc3-5)cc2)n(-c2ccccc2)c(=O)/c1=C/C. The van der Waals surface area contributed by atoms with Crippen LogP contribution in [0.3, 0.4) is 0 Å². The summed E-state index contributed by atoms with van der Waals surface area (Å²) in [5.41, 5.74) is 10.3. The molecule has 8 rings (SSSR count). The summed E-state index contributed by atoms with van der Waals surface area (Å²) >= 11 is 0. The summed E-state index contributed by atoms with van der Waals surface area (Å²) in [5.74, 6) is 0.621. The predicted molar refractivity (Wildman–Crippen MR) is 187 cm³/mol. The maximum atomic E-state index is 13.8. The highest BCUT2D eigenvalue weighted by Gasteiger charge is 2.36. The lowest BCUT2D eigenvalue weighted by Gasteiger charge is -2.21. The molecule has 5 aromatic carbocycles. The maximum Gasteiger partial charge on any atom is 0.265 e. The Kier molecular flexibility index (Phi) is 6.04. The number of fused-ring (bicyclic) bond motifs is 6. The van der Waals surface area contributed by atoms with Crippen LogP contribution in [-0.2, 0) is 5.41 Å². The number of aromatic nitrogens is 3. The molecule has 7 aromatic rings. The zero-order chi connectivity index (χ0) is 30.9. The molecule has 0 fully saturated rings. The molecule has 4 nitrogen and oxygen atoms in total. The standard InChI is InChI=1S/C41H33N3O/c1-5-29-36(6-2)42-39(44(40(29)45)27-14-8-7-9-15-27)26-20-22-28(23-21-26)43-37-19-13-11-17-31(37)33-24-32-30-16-10-12-18-34(30)41(3,4)35(32)25-38(33)43/h5-25H,1-4H3/b29-5+,36-6+. The largest absolute Gasteiger partial charge is 0.309 e. The Bertz CT molecular complexity index is 2480. The molecular weight excluding hydrogens is 550 g/mol. The van der Waals surface area contributed by atoms with Crippen LogP contribution in [0.4, 0.5) is 0 Å². The molecule has 0 spiro atoms. The Morgan fingerprint density at radius 2 is 1.31 bits per heavy atom. The van der Waals surface area contributed by atoms with Gasteiger partial charge in [0.1, 0.15) is 5.82 Å². The number of para-hydroxylation sites is 2. The lowest BCUT2D eigenvalue weighted by molar-refractivity contribution is 0.661. The predicted octanol–water partition coefficient (Wildman–Crippen LogP) is 7.90. The first kappa shape index (κ1) is 27.1. The summed E-state index contributed by atoms with van der Waals surface area (Å²) in [4.78, 5) is 18.8. The molecule has 0 saturated carbocycles. The zero-order valence-electron chi connectivity index (χ0n) is 25.9. The van der Waals surface area contributed by atoms with Crippen molar-refractivity contribution in [2.45, 2.75) is 33.1 Å². The minimum absolute atomic E-state index is 0.0780. The molecule has 2 heterocycles. The third kappa shape index (κ3) is 3.92. The summed E-state index contributed by atoms with van der Waals surface area (Å²) in [7, 11) is 0. The van der Waals surface area contributed by atoms with Gasteiger partial charge in [-0.2, -0.15) is 0 Å². The molecule has 2 aromatic heterocycles. The first-order chi connectivity index (χ1) is 21.9. The number of rotatable bonds is 3. The maximum absolute atomic E-state index is 13.8. The van der Waals surface area contributed by atoms with Crippen molar-refractivity contribution in [3.63, 3.8) is 0 Å². The van der Waals surface area contributed by atoms with Crippen LogP contribution in [0, 0.1) is 0 Å². The van der Waals surface area contributed by atoms with E-state index in [0.717, 1.165) is 16.9 Å². The minimum atomic E-state index is -0.0892. The first-order valence-electron chi connectivity index (χ1n) is 15.5. The number of hydrogen-bond acceptors (Lipinski definition) is 2. The van der Waals surface area contributed by atoms with Crippen molar-refractivity contribution in [3.8, 4) is 33.9 Å². The number of hydrogen-bond donors (Lipinski definition) is 0. The number of nitrogens with zero attached hydrogens (tertiary/aromatic N) is 3. The quantitative estimate of drug-likeness (QED) is 0.212. The molecule has 0 amide bonds. The number of benzene rings is 5. The second-order valence-corrected chi connectivity index (χ2v) is 12.3. The molecule has 0 atom stereocenters. The van der Waals surface area contributed by atoms with Gasteiger partial charge in [-0.3, -0.25) is 9.36 Å². The average Bonchev–Trinajstić information content (AvgIpc) is 3.52. The van der Waals surface area contributed by atoms with Crippen LogP contribution in [0.15, 0.2) is 120 Å². The Hall–Kier alpha value is -5.48. The van der Waals surface area contributed by atoms with Gasteiger partial charge in [0, 0.05) is 27.4 Å². The summed E-state index contributed by atoms with van der Waals surface area (Å²) in [6.07, 6.45) is 3.75. The molecule has 0 saturated heterocycles.